The lowest BCUT2D eigenvalue weighted by atomic mass is 10.0. The average molecular weight is 299 g/mol. The lowest BCUT2D eigenvalue weighted by Crippen LogP contribution is -2.06. The molecule has 1 N–H and O–H groups in total. The summed E-state index contributed by atoms with van der Waals surface area (Å²) >= 11 is 5.67. The molecule has 0 aliphatic carbocycles. The molecule has 0 fully saturated rings. The highest BCUT2D eigenvalue weighted by atomic mass is 35.5. The predicted octanol–water partition coefficient (Wildman–Crippen LogP) is 3.90. The van der Waals surface area contributed by atoms with Crippen LogP contribution >= 0.6 is 11.6 Å². The maximum absolute atomic E-state index is 13.8. The molecule has 20 heavy (non-hydrogen) atoms. The molecule has 106 valence electrons. The summed E-state index contributed by atoms with van der Waals surface area (Å²) in [6.07, 6.45) is -1.22. The van der Waals surface area contributed by atoms with E-state index in [0.717, 1.165) is 0 Å². The number of aliphatic hydroxyl groups excluding tert-OH is 1. The molecule has 0 radical (unpaired) electrons. The molecule has 0 bridgehead atoms. The maximum Gasteiger partial charge on any atom is 0.145 e. The van der Waals surface area contributed by atoms with Crippen molar-refractivity contribution in [1.82, 2.24) is 0 Å². The molecule has 2 nitrogen and oxygen atoms in total. The maximum atomic E-state index is 13.8. The fourth-order valence-corrected chi connectivity index (χ4v) is 2.12. The Morgan fingerprint density at radius 3 is 2.65 bits per heavy atom. The first-order valence-corrected chi connectivity index (χ1v) is 6.35. The van der Waals surface area contributed by atoms with Crippen LogP contribution in [0.2, 0.25) is 5.02 Å². The van der Waals surface area contributed by atoms with E-state index in [0.29, 0.717) is 5.75 Å². The third-order valence-corrected chi connectivity index (χ3v) is 3.30. The highest BCUT2D eigenvalue weighted by Gasteiger charge is 2.17. The molecular formula is C15H13ClF2O2. The van der Waals surface area contributed by atoms with Gasteiger partial charge in [0.15, 0.2) is 0 Å². The predicted molar refractivity (Wildman–Crippen MR) is 73.0 cm³/mol. The molecule has 0 spiro atoms. The Balaban J connectivity index is 2.24. The minimum Gasteiger partial charge on any atom is -0.497 e. The molecule has 2 rings (SSSR count). The van der Waals surface area contributed by atoms with Gasteiger partial charge in [0.25, 0.3) is 0 Å². The van der Waals surface area contributed by atoms with E-state index < -0.39 is 17.7 Å². The molecule has 0 heterocycles. The van der Waals surface area contributed by atoms with Gasteiger partial charge in [0, 0.05) is 18.1 Å². The van der Waals surface area contributed by atoms with Crippen LogP contribution in [0.15, 0.2) is 36.4 Å². The summed E-state index contributed by atoms with van der Waals surface area (Å²) in [6, 6.07) is 8.63. The SMILES string of the molecule is COc1ccc(C(O)Cc2cccc(Cl)c2F)c(F)c1. The number of hydrogen-bond acceptors (Lipinski definition) is 2. The summed E-state index contributed by atoms with van der Waals surface area (Å²) < 4.78 is 32.4. The molecule has 0 aromatic heterocycles. The summed E-state index contributed by atoms with van der Waals surface area (Å²) in [5.41, 5.74) is 0.324. The Morgan fingerprint density at radius 2 is 2.00 bits per heavy atom. The smallest absolute Gasteiger partial charge is 0.145 e. The van der Waals surface area contributed by atoms with E-state index in [1.54, 1.807) is 6.07 Å². The normalized spacial score (nSPS) is 12.2. The number of benzene rings is 2. The topological polar surface area (TPSA) is 29.5 Å². The summed E-state index contributed by atoms with van der Waals surface area (Å²) in [5, 5.41) is 10.0. The Labute approximate surface area is 120 Å². The van der Waals surface area contributed by atoms with Crippen LogP contribution in [-0.2, 0) is 6.42 Å². The van der Waals surface area contributed by atoms with Gasteiger partial charge in [-0.05, 0) is 23.8 Å². The standard InChI is InChI=1S/C15H13ClF2O2/c1-20-10-5-6-11(13(17)8-10)14(19)7-9-3-2-4-12(16)15(9)18/h2-6,8,14,19H,7H2,1H3. The zero-order chi connectivity index (χ0) is 14.7. The lowest BCUT2D eigenvalue weighted by Gasteiger charge is -2.13. The molecule has 0 aliphatic rings. The van der Waals surface area contributed by atoms with Gasteiger partial charge in [0.1, 0.15) is 17.4 Å². The first-order chi connectivity index (χ1) is 9.52. The second-order valence-corrected chi connectivity index (χ2v) is 4.73. The number of rotatable bonds is 4. The second kappa shape index (κ2) is 6.20. The van der Waals surface area contributed by atoms with E-state index in [-0.39, 0.29) is 22.6 Å². The van der Waals surface area contributed by atoms with Gasteiger partial charge in [-0.3, -0.25) is 0 Å². The quantitative estimate of drug-likeness (QED) is 0.927. The minimum absolute atomic E-state index is 0.0232. The molecular weight excluding hydrogens is 286 g/mol. The van der Waals surface area contributed by atoms with E-state index in [2.05, 4.69) is 0 Å². The summed E-state index contributed by atoms with van der Waals surface area (Å²) in [4.78, 5) is 0. The van der Waals surface area contributed by atoms with Crippen LogP contribution in [0.25, 0.3) is 0 Å². The average Bonchev–Trinajstić information content (AvgIpc) is 2.43. The van der Waals surface area contributed by atoms with E-state index in [4.69, 9.17) is 16.3 Å². The monoisotopic (exact) mass is 298 g/mol. The van der Waals surface area contributed by atoms with E-state index in [9.17, 15) is 13.9 Å². The summed E-state index contributed by atoms with van der Waals surface area (Å²) in [5.74, 6) is -0.839. The van der Waals surface area contributed by atoms with Crippen LogP contribution < -0.4 is 4.74 Å². The van der Waals surface area contributed by atoms with Crippen LogP contribution in [0.4, 0.5) is 8.78 Å². The highest BCUT2D eigenvalue weighted by Crippen LogP contribution is 2.27. The van der Waals surface area contributed by atoms with E-state index in [1.165, 1.54) is 37.4 Å². The van der Waals surface area contributed by atoms with E-state index in [1.807, 2.05) is 0 Å². The van der Waals surface area contributed by atoms with Gasteiger partial charge in [0.2, 0.25) is 0 Å². The van der Waals surface area contributed by atoms with Crippen molar-refractivity contribution in [3.8, 4) is 5.75 Å². The molecule has 0 amide bonds. The number of ether oxygens (including phenoxy) is 1. The minimum atomic E-state index is -1.16. The number of aliphatic hydroxyl groups is 1. The third kappa shape index (κ3) is 3.08. The Bertz CT molecular complexity index is 617. The Kier molecular flexibility index (Phi) is 4.57. The molecule has 2 aromatic rings. The van der Waals surface area contributed by atoms with Gasteiger partial charge in [-0.1, -0.05) is 23.7 Å². The van der Waals surface area contributed by atoms with Crippen molar-refractivity contribution in [3.05, 3.63) is 64.2 Å². The van der Waals surface area contributed by atoms with Crippen LogP contribution in [0.1, 0.15) is 17.2 Å². The van der Waals surface area contributed by atoms with Crippen LogP contribution in [0.3, 0.4) is 0 Å². The molecule has 5 heteroatoms. The largest absolute Gasteiger partial charge is 0.497 e. The molecule has 0 saturated heterocycles. The van der Waals surface area contributed by atoms with Crippen molar-refractivity contribution in [2.24, 2.45) is 0 Å². The van der Waals surface area contributed by atoms with Gasteiger partial charge in [-0.2, -0.15) is 0 Å². The molecule has 0 aliphatic heterocycles. The zero-order valence-corrected chi connectivity index (χ0v) is 11.5. The zero-order valence-electron chi connectivity index (χ0n) is 10.7. The van der Waals surface area contributed by atoms with Crippen LogP contribution in [-0.4, -0.2) is 12.2 Å². The van der Waals surface area contributed by atoms with Crippen molar-refractivity contribution >= 4 is 11.6 Å². The number of methoxy groups -OCH3 is 1. The van der Waals surface area contributed by atoms with Crippen molar-refractivity contribution in [3.63, 3.8) is 0 Å². The third-order valence-electron chi connectivity index (χ3n) is 3.01. The van der Waals surface area contributed by atoms with Crippen molar-refractivity contribution < 1.29 is 18.6 Å². The van der Waals surface area contributed by atoms with Crippen molar-refractivity contribution in [1.29, 1.82) is 0 Å². The molecule has 2 aromatic carbocycles. The van der Waals surface area contributed by atoms with Gasteiger partial charge in [-0.25, -0.2) is 8.78 Å². The summed E-state index contributed by atoms with van der Waals surface area (Å²) in [6.45, 7) is 0. The molecule has 0 saturated carbocycles. The number of hydrogen-bond donors (Lipinski definition) is 1. The summed E-state index contributed by atoms with van der Waals surface area (Å²) in [7, 11) is 1.42. The first kappa shape index (κ1) is 14.8. The Hall–Kier alpha value is -1.65. The van der Waals surface area contributed by atoms with Crippen molar-refractivity contribution in [2.45, 2.75) is 12.5 Å². The van der Waals surface area contributed by atoms with Gasteiger partial charge < -0.3 is 9.84 Å². The number of halogens is 3. The van der Waals surface area contributed by atoms with Gasteiger partial charge in [0.05, 0.1) is 18.2 Å². The van der Waals surface area contributed by atoms with Gasteiger partial charge in [-0.15, -0.1) is 0 Å². The van der Waals surface area contributed by atoms with Crippen molar-refractivity contribution in [2.75, 3.05) is 7.11 Å². The van der Waals surface area contributed by atoms with Gasteiger partial charge >= 0.3 is 0 Å². The van der Waals surface area contributed by atoms with Crippen LogP contribution in [0.5, 0.6) is 5.75 Å². The molecule has 1 atom stereocenters. The van der Waals surface area contributed by atoms with E-state index >= 15 is 0 Å². The van der Waals surface area contributed by atoms with Crippen LogP contribution in [0, 0.1) is 11.6 Å². The fourth-order valence-electron chi connectivity index (χ4n) is 1.93. The highest BCUT2D eigenvalue weighted by molar-refractivity contribution is 6.30. The molecule has 1 unspecified atom stereocenters. The lowest BCUT2D eigenvalue weighted by molar-refractivity contribution is 0.172. The first-order valence-electron chi connectivity index (χ1n) is 5.97. The second-order valence-electron chi connectivity index (χ2n) is 4.32. The fraction of sp³-hybridized carbons (Fsp3) is 0.200. The Morgan fingerprint density at radius 1 is 1.25 bits per heavy atom.